The lowest BCUT2D eigenvalue weighted by atomic mass is 10.1. The molecule has 0 spiro atoms. The monoisotopic (exact) mass is 364 g/mol. The fourth-order valence-corrected chi connectivity index (χ4v) is 4.09. The molecule has 0 radical (unpaired) electrons. The summed E-state index contributed by atoms with van der Waals surface area (Å²) in [4.78, 5) is 16.0. The molecule has 1 amide bonds. The van der Waals surface area contributed by atoms with Crippen LogP contribution in [0.1, 0.15) is 10.4 Å². The number of benzene rings is 1. The summed E-state index contributed by atoms with van der Waals surface area (Å²) in [6.45, 7) is 3.07. The van der Waals surface area contributed by atoms with Crippen molar-refractivity contribution in [3.05, 3.63) is 39.0 Å². The number of halogens is 1. The first-order valence-electron chi connectivity index (χ1n) is 7.85. The van der Waals surface area contributed by atoms with E-state index < -0.39 is 0 Å². The van der Waals surface area contributed by atoms with Crippen LogP contribution < -0.4 is 14.8 Å². The molecule has 0 unspecified atom stereocenters. The fourth-order valence-electron chi connectivity index (χ4n) is 2.99. The maximum Gasteiger partial charge on any atom is 0.238 e. The number of thiophene rings is 1. The SMILES string of the molecule is O=C(CN1CCc2sccc2C1)Nc1cc2c(cc1Cl)OCCO2. The summed E-state index contributed by atoms with van der Waals surface area (Å²) in [5.74, 6) is 1.15. The van der Waals surface area contributed by atoms with Gasteiger partial charge in [-0.05, 0) is 23.4 Å². The highest BCUT2D eigenvalue weighted by atomic mass is 35.5. The van der Waals surface area contributed by atoms with Crippen molar-refractivity contribution in [1.82, 2.24) is 4.90 Å². The second-order valence-corrected chi connectivity index (χ2v) is 7.26. The number of ether oxygens (including phenoxy) is 2. The van der Waals surface area contributed by atoms with Gasteiger partial charge in [0.05, 0.1) is 17.3 Å². The Morgan fingerprint density at radius 2 is 2.08 bits per heavy atom. The first-order chi connectivity index (χ1) is 11.7. The Labute approximate surface area is 149 Å². The molecular formula is C17H17ClN2O3S. The number of rotatable bonds is 3. The van der Waals surface area contributed by atoms with Gasteiger partial charge >= 0.3 is 0 Å². The molecule has 24 heavy (non-hydrogen) atoms. The molecule has 1 N–H and O–H groups in total. The fraction of sp³-hybridized carbons (Fsp3) is 0.353. The van der Waals surface area contributed by atoms with E-state index in [4.69, 9.17) is 21.1 Å². The number of amides is 1. The van der Waals surface area contributed by atoms with Crippen molar-refractivity contribution in [1.29, 1.82) is 0 Å². The minimum atomic E-state index is -0.0766. The smallest absolute Gasteiger partial charge is 0.238 e. The van der Waals surface area contributed by atoms with Crippen LogP contribution in [0.4, 0.5) is 5.69 Å². The molecule has 2 aliphatic rings. The van der Waals surface area contributed by atoms with Crippen molar-refractivity contribution in [2.75, 3.05) is 31.6 Å². The van der Waals surface area contributed by atoms with Gasteiger partial charge in [-0.15, -0.1) is 11.3 Å². The first-order valence-corrected chi connectivity index (χ1v) is 9.11. The van der Waals surface area contributed by atoms with Gasteiger partial charge in [0.15, 0.2) is 11.5 Å². The molecule has 2 aliphatic heterocycles. The molecule has 0 atom stereocenters. The molecule has 126 valence electrons. The normalized spacial score (nSPS) is 16.5. The Kier molecular flexibility index (Phi) is 4.35. The third-order valence-corrected chi connectivity index (χ3v) is 5.50. The zero-order valence-corrected chi connectivity index (χ0v) is 14.6. The molecule has 5 nitrogen and oxygen atoms in total. The summed E-state index contributed by atoms with van der Waals surface area (Å²) in [6, 6.07) is 5.55. The van der Waals surface area contributed by atoms with E-state index in [1.165, 1.54) is 10.4 Å². The van der Waals surface area contributed by atoms with Crippen molar-refractivity contribution in [2.45, 2.75) is 13.0 Å². The van der Waals surface area contributed by atoms with Gasteiger partial charge in [-0.3, -0.25) is 9.69 Å². The molecule has 0 fully saturated rings. The van der Waals surface area contributed by atoms with Gasteiger partial charge < -0.3 is 14.8 Å². The average Bonchev–Trinajstić information content (AvgIpc) is 3.03. The predicted molar refractivity (Wildman–Crippen MR) is 94.4 cm³/mol. The molecule has 3 heterocycles. The van der Waals surface area contributed by atoms with Gasteiger partial charge in [0.1, 0.15) is 13.2 Å². The number of nitrogens with one attached hydrogen (secondary N) is 1. The molecule has 0 aliphatic carbocycles. The minimum absolute atomic E-state index is 0.0766. The zero-order chi connectivity index (χ0) is 16.5. The second-order valence-electron chi connectivity index (χ2n) is 5.85. The minimum Gasteiger partial charge on any atom is -0.486 e. The van der Waals surface area contributed by atoms with Crippen LogP contribution in [0.15, 0.2) is 23.6 Å². The van der Waals surface area contributed by atoms with Crippen molar-refractivity contribution < 1.29 is 14.3 Å². The molecular weight excluding hydrogens is 348 g/mol. The predicted octanol–water partition coefficient (Wildman–Crippen LogP) is 3.17. The largest absolute Gasteiger partial charge is 0.486 e. The maximum atomic E-state index is 12.4. The second kappa shape index (κ2) is 6.63. The lowest BCUT2D eigenvalue weighted by Gasteiger charge is -2.26. The highest BCUT2D eigenvalue weighted by Gasteiger charge is 2.21. The van der Waals surface area contributed by atoms with E-state index in [2.05, 4.69) is 21.7 Å². The van der Waals surface area contributed by atoms with E-state index in [9.17, 15) is 4.79 Å². The summed E-state index contributed by atoms with van der Waals surface area (Å²) in [6.07, 6.45) is 1.01. The standard InChI is InChI=1S/C17H17ClN2O3S/c18-12-7-14-15(23-5-4-22-14)8-13(12)19-17(21)10-20-3-1-16-11(9-20)2-6-24-16/h2,6-8H,1,3-5,9-10H2,(H,19,21). The van der Waals surface area contributed by atoms with Crippen LogP contribution in [-0.2, 0) is 17.8 Å². The van der Waals surface area contributed by atoms with Gasteiger partial charge in [-0.2, -0.15) is 0 Å². The summed E-state index contributed by atoms with van der Waals surface area (Å²) in [5.41, 5.74) is 1.88. The lowest BCUT2D eigenvalue weighted by Crippen LogP contribution is -2.36. The van der Waals surface area contributed by atoms with Crippen LogP contribution in [0.5, 0.6) is 11.5 Å². The van der Waals surface area contributed by atoms with E-state index in [0.29, 0.717) is 42.0 Å². The topological polar surface area (TPSA) is 50.8 Å². The Morgan fingerprint density at radius 3 is 2.92 bits per heavy atom. The zero-order valence-electron chi connectivity index (χ0n) is 13.0. The molecule has 0 saturated carbocycles. The lowest BCUT2D eigenvalue weighted by molar-refractivity contribution is -0.117. The Balaban J connectivity index is 1.41. The first kappa shape index (κ1) is 15.7. The number of anilines is 1. The van der Waals surface area contributed by atoms with Gasteiger partial charge in [0.2, 0.25) is 5.91 Å². The number of carbonyl (C=O) groups excluding carboxylic acids is 1. The number of hydrogen-bond acceptors (Lipinski definition) is 5. The van der Waals surface area contributed by atoms with Crippen LogP contribution in [0, 0.1) is 0 Å². The number of nitrogens with zero attached hydrogens (tertiary/aromatic N) is 1. The van der Waals surface area contributed by atoms with Crippen LogP contribution >= 0.6 is 22.9 Å². The Morgan fingerprint density at radius 1 is 1.29 bits per heavy atom. The Bertz CT molecular complexity index is 777. The van der Waals surface area contributed by atoms with E-state index in [1.54, 1.807) is 23.5 Å². The molecule has 4 rings (SSSR count). The number of hydrogen-bond donors (Lipinski definition) is 1. The summed E-state index contributed by atoms with van der Waals surface area (Å²) < 4.78 is 11.0. The van der Waals surface area contributed by atoms with Gasteiger partial charge in [0.25, 0.3) is 0 Å². The van der Waals surface area contributed by atoms with E-state index >= 15 is 0 Å². The van der Waals surface area contributed by atoms with Crippen molar-refractivity contribution in [2.24, 2.45) is 0 Å². The number of carbonyl (C=O) groups is 1. The van der Waals surface area contributed by atoms with Crippen LogP contribution in [0.3, 0.4) is 0 Å². The molecule has 1 aromatic carbocycles. The van der Waals surface area contributed by atoms with Crippen LogP contribution in [-0.4, -0.2) is 37.1 Å². The highest BCUT2D eigenvalue weighted by Crippen LogP contribution is 2.38. The quantitative estimate of drug-likeness (QED) is 0.908. The van der Waals surface area contributed by atoms with E-state index in [-0.39, 0.29) is 5.91 Å². The highest BCUT2D eigenvalue weighted by molar-refractivity contribution is 7.10. The van der Waals surface area contributed by atoms with Crippen molar-refractivity contribution in [3.63, 3.8) is 0 Å². The number of fused-ring (bicyclic) bond motifs is 2. The molecule has 2 aromatic rings. The van der Waals surface area contributed by atoms with Gasteiger partial charge in [0, 0.05) is 30.1 Å². The Hall–Kier alpha value is -1.76. The molecule has 7 heteroatoms. The van der Waals surface area contributed by atoms with E-state index in [0.717, 1.165) is 19.5 Å². The molecule has 0 saturated heterocycles. The van der Waals surface area contributed by atoms with Gasteiger partial charge in [-0.25, -0.2) is 0 Å². The summed E-state index contributed by atoms with van der Waals surface area (Å²) in [7, 11) is 0. The van der Waals surface area contributed by atoms with Crippen LogP contribution in [0.25, 0.3) is 0 Å². The molecule has 1 aromatic heterocycles. The molecule has 0 bridgehead atoms. The third-order valence-electron chi connectivity index (χ3n) is 4.16. The maximum absolute atomic E-state index is 12.4. The van der Waals surface area contributed by atoms with Gasteiger partial charge in [-0.1, -0.05) is 11.6 Å². The van der Waals surface area contributed by atoms with E-state index in [1.807, 2.05) is 0 Å². The third kappa shape index (κ3) is 3.22. The summed E-state index contributed by atoms with van der Waals surface area (Å²) in [5, 5.41) is 5.44. The average molecular weight is 365 g/mol. The van der Waals surface area contributed by atoms with Crippen molar-refractivity contribution >= 4 is 34.5 Å². The van der Waals surface area contributed by atoms with Crippen molar-refractivity contribution in [3.8, 4) is 11.5 Å². The summed E-state index contributed by atoms with van der Waals surface area (Å²) >= 11 is 8.03. The van der Waals surface area contributed by atoms with Crippen LogP contribution in [0.2, 0.25) is 5.02 Å².